The highest BCUT2D eigenvalue weighted by Crippen LogP contribution is 2.20. The summed E-state index contributed by atoms with van der Waals surface area (Å²) in [6.07, 6.45) is 3.48. The average Bonchev–Trinajstić information content (AvgIpc) is 3.30. The van der Waals surface area contributed by atoms with E-state index < -0.39 is 5.97 Å². The van der Waals surface area contributed by atoms with Gasteiger partial charge in [0, 0.05) is 6.04 Å². The molecule has 1 amide bonds. The molecule has 9 heteroatoms. The third-order valence-electron chi connectivity index (χ3n) is 5.15. The quantitative estimate of drug-likeness (QED) is 0.272. The van der Waals surface area contributed by atoms with Crippen molar-refractivity contribution in [2.75, 3.05) is 12.9 Å². The number of hydrogen-bond acceptors (Lipinski definition) is 7. The Labute approximate surface area is 196 Å². The van der Waals surface area contributed by atoms with Gasteiger partial charge < -0.3 is 14.5 Å². The highest BCUT2D eigenvalue weighted by Gasteiger charge is 2.17. The van der Waals surface area contributed by atoms with E-state index in [9.17, 15) is 14.4 Å². The van der Waals surface area contributed by atoms with E-state index in [0.717, 1.165) is 12.8 Å². The standard InChI is InChI=1S/C24H29N3O5S/c1-15(2)7-8-16(3)25-21(28)14-33-24-26-20-12-17(23(30)31-4)9-10-19(20)22(29)27(24)13-18-6-5-11-32-18/h5-6,9-12,15-16H,7-8,13-14H2,1-4H3,(H,25,28)/t16-/m0/s1. The zero-order valence-electron chi connectivity index (χ0n) is 19.3. The number of esters is 1. The number of fused-ring (bicyclic) bond motifs is 1. The molecule has 0 unspecified atom stereocenters. The molecular formula is C24H29N3O5S. The SMILES string of the molecule is COC(=O)c1ccc2c(=O)n(Cc3ccco3)c(SCC(=O)N[C@@H](C)CCC(C)C)nc2c1. The van der Waals surface area contributed by atoms with Crippen molar-refractivity contribution in [2.45, 2.75) is 51.4 Å². The van der Waals surface area contributed by atoms with Crippen LogP contribution in [0.2, 0.25) is 0 Å². The predicted octanol–water partition coefficient (Wildman–Crippen LogP) is 3.86. The highest BCUT2D eigenvalue weighted by molar-refractivity contribution is 7.99. The van der Waals surface area contributed by atoms with Crippen molar-refractivity contribution in [3.05, 3.63) is 58.3 Å². The van der Waals surface area contributed by atoms with Crippen molar-refractivity contribution < 1.29 is 18.7 Å². The third kappa shape index (κ3) is 6.47. The molecule has 0 bridgehead atoms. The van der Waals surface area contributed by atoms with E-state index in [1.165, 1.54) is 41.8 Å². The molecule has 8 nitrogen and oxygen atoms in total. The van der Waals surface area contributed by atoms with Crippen molar-refractivity contribution in [3.63, 3.8) is 0 Å². The van der Waals surface area contributed by atoms with Crippen LogP contribution < -0.4 is 10.9 Å². The summed E-state index contributed by atoms with van der Waals surface area (Å²) in [6.45, 7) is 6.47. The molecule has 176 valence electrons. The van der Waals surface area contributed by atoms with Crippen LogP contribution in [0, 0.1) is 5.92 Å². The molecule has 2 heterocycles. The zero-order chi connectivity index (χ0) is 24.0. The number of carbonyl (C=O) groups is 2. The normalized spacial score (nSPS) is 12.2. The number of nitrogens with one attached hydrogen (secondary N) is 1. The molecule has 33 heavy (non-hydrogen) atoms. The second-order valence-corrected chi connectivity index (χ2v) is 9.26. The fourth-order valence-corrected chi connectivity index (χ4v) is 4.17. The number of nitrogens with zero attached hydrogens (tertiary/aromatic N) is 2. The Balaban J connectivity index is 1.87. The van der Waals surface area contributed by atoms with E-state index in [-0.39, 0.29) is 29.8 Å². The van der Waals surface area contributed by atoms with Crippen LogP contribution in [0.4, 0.5) is 0 Å². The topological polar surface area (TPSA) is 103 Å². The Bertz CT molecular complexity index is 1170. The summed E-state index contributed by atoms with van der Waals surface area (Å²) < 4.78 is 11.7. The first-order chi connectivity index (χ1) is 15.8. The van der Waals surface area contributed by atoms with Crippen molar-refractivity contribution in [2.24, 2.45) is 5.92 Å². The number of ether oxygens (including phenoxy) is 1. The lowest BCUT2D eigenvalue weighted by Crippen LogP contribution is -2.34. The molecule has 2 aromatic heterocycles. The molecular weight excluding hydrogens is 442 g/mol. The minimum Gasteiger partial charge on any atom is -0.467 e. The summed E-state index contributed by atoms with van der Waals surface area (Å²) in [5.74, 6) is 0.643. The average molecular weight is 472 g/mol. The lowest BCUT2D eigenvalue weighted by Gasteiger charge is -2.16. The summed E-state index contributed by atoms with van der Waals surface area (Å²) in [5.41, 5.74) is 0.390. The maximum Gasteiger partial charge on any atom is 0.337 e. The summed E-state index contributed by atoms with van der Waals surface area (Å²) in [7, 11) is 1.29. The fourth-order valence-electron chi connectivity index (χ4n) is 3.36. The Morgan fingerprint density at radius 2 is 2.00 bits per heavy atom. The molecule has 3 aromatic rings. The van der Waals surface area contributed by atoms with Gasteiger partial charge in [0.25, 0.3) is 5.56 Å². The minimum absolute atomic E-state index is 0.0676. The molecule has 3 rings (SSSR count). The van der Waals surface area contributed by atoms with Crippen molar-refractivity contribution >= 4 is 34.5 Å². The molecule has 0 saturated heterocycles. The first-order valence-corrected chi connectivity index (χ1v) is 11.8. The van der Waals surface area contributed by atoms with E-state index in [4.69, 9.17) is 9.15 Å². The molecule has 0 aliphatic heterocycles. The smallest absolute Gasteiger partial charge is 0.337 e. The number of carbonyl (C=O) groups excluding carboxylic acids is 2. The Kier molecular flexibility index (Phi) is 8.32. The monoisotopic (exact) mass is 471 g/mol. The van der Waals surface area contributed by atoms with Gasteiger partial charge in [-0.05, 0) is 56.0 Å². The van der Waals surface area contributed by atoms with Crippen LogP contribution in [0.15, 0.2) is 51.0 Å². The lowest BCUT2D eigenvalue weighted by atomic mass is 10.0. The van der Waals surface area contributed by atoms with Crippen molar-refractivity contribution in [3.8, 4) is 0 Å². The predicted molar refractivity (Wildman–Crippen MR) is 128 cm³/mol. The summed E-state index contributed by atoms with van der Waals surface area (Å²) in [6, 6.07) is 8.21. The second-order valence-electron chi connectivity index (χ2n) is 8.32. The number of hydrogen-bond donors (Lipinski definition) is 1. The van der Waals surface area contributed by atoms with Crippen LogP contribution in [0.1, 0.15) is 49.7 Å². The third-order valence-corrected chi connectivity index (χ3v) is 6.13. The number of methoxy groups -OCH3 is 1. The van der Waals surface area contributed by atoms with Gasteiger partial charge in [0.2, 0.25) is 5.91 Å². The van der Waals surface area contributed by atoms with Crippen molar-refractivity contribution in [1.82, 2.24) is 14.9 Å². The summed E-state index contributed by atoms with van der Waals surface area (Å²) in [4.78, 5) is 42.3. The van der Waals surface area contributed by atoms with Gasteiger partial charge in [0.1, 0.15) is 5.76 Å². The van der Waals surface area contributed by atoms with Gasteiger partial charge in [-0.1, -0.05) is 25.6 Å². The number of benzene rings is 1. The zero-order valence-corrected chi connectivity index (χ0v) is 20.1. The number of amides is 1. The van der Waals surface area contributed by atoms with Crippen LogP contribution >= 0.6 is 11.8 Å². The van der Waals surface area contributed by atoms with E-state index >= 15 is 0 Å². The molecule has 0 radical (unpaired) electrons. The van der Waals surface area contributed by atoms with Gasteiger partial charge in [0.15, 0.2) is 5.16 Å². The van der Waals surface area contributed by atoms with E-state index in [2.05, 4.69) is 24.1 Å². The van der Waals surface area contributed by atoms with E-state index in [1.807, 2.05) is 6.92 Å². The van der Waals surface area contributed by atoms with Gasteiger partial charge in [-0.25, -0.2) is 9.78 Å². The van der Waals surface area contributed by atoms with Crippen LogP contribution in [0.3, 0.4) is 0 Å². The maximum atomic E-state index is 13.2. The largest absolute Gasteiger partial charge is 0.467 e. The van der Waals surface area contributed by atoms with Crippen LogP contribution in [0.25, 0.3) is 10.9 Å². The number of furan rings is 1. The molecule has 0 aliphatic carbocycles. The molecule has 0 aliphatic rings. The highest BCUT2D eigenvalue weighted by atomic mass is 32.2. The molecule has 0 saturated carbocycles. The Morgan fingerprint density at radius 1 is 1.21 bits per heavy atom. The molecule has 0 spiro atoms. The Hall–Kier alpha value is -3.07. The maximum absolute atomic E-state index is 13.2. The molecule has 1 N–H and O–H groups in total. The number of rotatable bonds is 10. The first kappa shape index (κ1) is 24.6. The fraction of sp³-hybridized carbons (Fsp3) is 0.417. The van der Waals surface area contributed by atoms with Gasteiger partial charge >= 0.3 is 5.97 Å². The van der Waals surface area contributed by atoms with Crippen LogP contribution in [0.5, 0.6) is 0 Å². The molecule has 1 atom stereocenters. The van der Waals surface area contributed by atoms with Crippen LogP contribution in [-0.4, -0.2) is 40.3 Å². The van der Waals surface area contributed by atoms with Gasteiger partial charge in [-0.2, -0.15) is 0 Å². The minimum atomic E-state index is -0.512. The second kappa shape index (κ2) is 11.2. The van der Waals surface area contributed by atoms with Gasteiger partial charge in [-0.15, -0.1) is 0 Å². The van der Waals surface area contributed by atoms with Gasteiger partial charge in [0.05, 0.1) is 42.1 Å². The first-order valence-electron chi connectivity index (χ1n) is 10.9. The van der Waals surface area contributed by atoms with E-state index in [1.54, 1.807) is 18.2 Å². The molecule has 1 aromatic carbocycles. The summed E-state index contributed by atoms with van der Waals surface area (Å²) >= 11 is 1.17. The summed E-state index contributed by atoms with van der Waals surface area (Å²) in [5, 5.41) is 3.74. The van der Waals surface area contributed by atoms with Crippen LogP contribution in [-0.2, 0) is 16.1 Å². The molecule has 0 fully saturated rings. The Morgan fingerprint density at radius 3 is 2.67 bits per heavy atom. The number of thioether (sulfide) groups is 1. The number of aromatic nitrogens is 2. The van der Waals surface area contributed by atoms with Gasteiger partial charge in [-0.3, -0.25) is 14.2 Å². The van der Waals surface area contributed by atoms with Crippen molar-refractivity contribution in [1.29, 1.82) is 0 Å². The van der Waals surface area contributed by atoms with E-state index in [0.29, 0.717) is 33.3 Å². The lowest BCUT2D eigenvalue weighted by molar-refractivity contribution is -0.119.